The van der Waals surface area contributed by atoms with Crippen molar-refractivity contribution in [3.8, 4) is 5.19 Å². The van der Waals surface area contributed by atoms with E-state index >= 15 is 0 Å². The maximum Gasteiger partial charge on any atom is 0.321 e. The second-order valence-electron chi connectivity index (χ2n) is 8.49. The van der Waals surface area contributed by atoms with Crippen LogP contribution in [0.4, 0.5) is 4.79 Å². The minimum Gasteiger partial charge on any atom is -0.466 e. The number of carbonyl (C=O) groups excluding carboxylic acids is 2. The van der Waals surface area contributed by atoms with Crippen LogP contribution in [-0.4, -0.2) is 39.5 Å². The fourth-order valence-corrected chi connectivity index (χ4v) is 6.94. The fourth-order valence-electron chi connectivity index (χ4n) is 5.33. The molecule has 3 amide bonds. The number of carbonyl (C=O) groups is 2. The van der Waals surface area contributed by atoms with E-state index in [-0.39, 0.29) is 29.3 Å². The Morgan fingerprint density at radius 3 is 2.41 bits per heavy atom. The lowest BCUT2D eigenvalue weighted by Crippen LogP contribution is -2.61. The van der Waals surface area contributed by atoms with Crippen molar-refractivity contribution in [3.05, 3.63) is 0 Å². The number of rotatable bonds is 6. The van der Waals surface area contributed by atoms with E-state index in [2.05, 4.69) is 20.8 Å². The number of thioether (sulfide) groups is 1. The predicted octanol–water partition coefficient (Wildman–Crippen LogP) is 3.21. The maximum atomic E-state index is 12.4. The summed E-state index contributed by atoms with van der Waals surface area (Å²) in [5, 5.41) is 14.1. The summed E-state index contributed by atoms with van der Waals surface area (Å²) in [5.41, 5.74) is -0.0887. The van der Waals surface area contributed by atoms with Gasteiger partial charge in [0.25, 0.3) is 5.19 Å². The lowest BCUT2D eigenvalue weighted by Gasteiger charge is -2.56. The van der Waals surface area contributed by atoms with Crippen molar-refractivity contribution in [1.29, 1.82) is 0 Å². The molecule has 0 atom stereocenters. The zero-order valence-corrected chi connectivity index (χ0v) is 17.3. The number of hydrogen-bond donors (Lipinski definition) is 2. The average Bonchev–Trinajstić information content (AvgIpc) is 2.97. The molecule has 5 rings (SSSR count). The van der Waals surface area contributed by atoms with E-state index in [1.807, 2.05) is 13.8 Å². The summed E-state index contributed by atoms with van der Waals surface area (Å²) in [4.78, 5) is 24.5. The standard InChI is InChI=1S/C18H26N4O3S2/c1-10(2)25-16-21-22-17(27-16)26-9-14(23)19-15(24)20-18-6-11-3-12(7-18)5-13(4-11)8-18/h10-13H,3-9H2,1-2H3,(H2,19,20,23,24). The topological polar surface area (TPSA) is 93.2 Å². The maximum absolute atomic E-state index is 12.4. The van der Waals surface area contributed by atoms with Crippen LogP contribution in [0.15, 0.2) is 4.34 Å². The normalized spacial score (nSPS) is 31.1. The number of amides is 3. The van der Waals surface area contributed by atoms with Crippen molar-refractivity contribution >= 4 is 35.0 Å². The van der Waals surface area contributed by atoms with Crippen LogP contribution in [0, 0.1) is 17.8 Å². The molecule has 0 spiro atoms. The summed E-state index contributed by atoms with van der Waals surface area (Å²) < 4.78 is 6.12. The Morgan fingerprint density at radius 2 is 1.81 bits per heavy atom. The van der Waals surface area contributed by atoms with Gasteiger partial charge in [0.15, 0.2) is 4.34 Å². The first-order valence-corrected chi connectivity index (χ1v) is 11.4. The van der Waals surface area contributed by atoms with Gasteiger partial charge in [-0.3, -0.25) is 10.1 Å². The number of hydrogen-bond acceptors (Lipinski definition) is 7. The third-order valence-corrected chi connectivity index (χ3v) is 7.67. The van der Waals surface area contributed by atoms with Crippen LogP contribution >= 0.6 is 23.1 Å². The summed E-state index contributed by atoms with van der Waals surface area (Å²) >= 11 is 2.57. The van der Waals surface area contributed by atoms with Gasteiger partial charge in [0, 0.05) is 5.54 Å². The van der Waals surface area contributed by atoms with E-state index < -0.39 is 0 Å². The molecule has 4 saturated carbocycles. The first-order chi connectivity index (χ1) is 12.9. The summed E-state index contributed by atoms with van der Waals surface area (Å²) in [7, 11) is 0. The van der Waals surface area contributed by atoms with Crippen molar-refractivity contribution in [2.24, 2.45) is 17.8 Å². The Morgan fingerprint density at radius 1 is 1.19 bits per heavy atom. The van der Waals surface area contributed by atoms with Gasteiger partial charge < -0.3 is 10.1 Å². The Balaban J connectivity index is 1.24. The quantitative estimate of drug-likeness (QED) is 0.700. The van der Waals surface area contributed by atoms with E-state index in [1.54, 1.807) is 0 Å². The molecule has 1 aromatic heterocycles. The molecule has 4 aliphatic carbocycles. The zero-order chi connectivity index (χ0) is 19.0. The van der Waals surface area contributed by atoms with Gasteiger partial charge in [-0.05, 0) is 81.5 Å². The molecule has 1 aromatic rings. The second kappa shape index (κ2) is 7.58. The number of imide groups is 1. The highest BCUT2D eigenvalue weighted by Crippen LogP contribution is 2.55. The molecule has 0 aromatic carbocycles. The molecule has 4 bridgehead atoms. The molecule has 0 radical (unpaired) electrons. The van der Waals surface area contributed by atoms with Gasteiger partial charge in [-0.25, -0.2) is 4.79 Å². The minimum atomic E-state index is -0.358. The number of ether oxygens (including phenoxy) is 1. The van der Waals surface area contributed by atoms with Crippen molar-refractivity contribution in [2.45, 2.75) is 68.4 Å². The third kappa shape index (κ3) is 4.56. The van der Waals surface area contributed by atoms with Crippen molar-refractivity contribution in [3.63, 3.8) is 0 Å². The number of urea groups is 1. The molecule has 7 nitrogen and oxygen atoms in total. The molecule has 0 aliphatic heterocycles. The Kier molecular flexibility index (Phi) is 5.33. The largest absolute Gasteiger partial charge is 0.466 e. The molecular formula is C18H26N4O3S2. The lowest BCUT2D eigenvalue weighted by atomic mass is 9.53. The van der Waals surface area contributed by atoms with Gasteiger partial charge in [-0.15, -0.1) is 5.10 Å². The van der Waals surface area contributed by atoms with Crippen LogP contribution in [0.1, 0.15) is 52.4 Å². The first kappa shape index (κ1) is 19.0. The SMILES string of the molecule is CC(C)Oc1nnc(SCC(=O)NC(=O)NC23CC4CC(CC(C4)C2)C3)s1. The predicted molar refractivity (Wildman–Crippen MR) is 104 cm³/mol. The fraction of sp³-hybridized carbons (Fsp3) is 0.778. The van der Waals surface area contributed by atoms with E-state index in [0.717, 1.165) is 37.0 Å². The van der Waals surface area contributed by atoms with Crippen molar-refractivity contribution < 1.29 is 14.3 Å². The van der Waals surface area contributed by atoms with Crippen LogP contribution in [0.25, 0.3) is 0 Å². The van der Waals surface area contributed by atoms with Crippen LogP contribution in [-0.2, 0) is 4.79 Å². The Labute approximate surface area is 167 Å². The monoisotopic (exact) mass is 410 g/mol. The smallest absolute Gasteiger partial charge is 0.321 e. The highest BCUT2D eigenvalue weighted by Gasteiger charge is 2.51. The van der Waals surface area contributed by atoms with E-state index in [1.165, 1.54) is 42.4 Å². The van der Waals surface area contributed by atoms with Gasteiger partial charge in [0.2, 0.25) is 5.91 Å². The first-order valence-electron chi connectivity index (χ1n) is 9.64. The van der Waals surface area contributed by atoms with Crippen molar-refractivity contribution in [2.75, 3.05) is 5.75 Å². The van der Waals surface area contributed by atoms with E-state index in [4.69, 9.17) is 4.74 Å². The Bertz CT molecular complexity index is 686. The highest BCUT2D eigenvalue weighted by molar-refractivity contribution is 8.01. The van der Waals surface area contributed by atoms with Gasteiger partial charge in [0.1, 0.15) is 0 Å². The average molecular weight is 411 g/mol. The molecule has 1 heterocycles. The van der Waals surface area contributed by atoms with Crippen molar-refractivity contribution in [1.82, 2.24) is 20.8 Å². The number of nitrogens with zero attached hydrogens (tertiary/aromatic N) is 2. The highest BCUT2D eigenvalue weighted by atomic mass is 32.2. The molecule has 0 saturated heterocycles. The van der Waals surface area contributed by atoms with Gasteiger partial charge >= 0.3 is 6.03 Å². The van der Waals surface area contributed by atoms with Crippen LogP contribution < -0.4 is 15.4 Å². The van der Waals surface area contributed by atoms with Crippen LogP contribution in [0.3, 0.4) is 0 Å². The van der Waals surface area contributed by atoms with Gasteiger partial charge in [-0.2, -0.15) is 0 Å². The second-order valence-corrected chi connectivity index (χ2v) is 10.7. The van der Waals surface area contributed by atoms with Gasteiger partial charge in [-0.1, -0.05) is 16.9 Å². The van der Waals surface area contributed by atoms with Crippen LogP contribution in [0.5, 0.6) is 5.19 Å². The number of nitrogens with one attached hydrogen (secondary N) is 2. The molecule has 4 fully saturated rings. The third-order valence-electron chi connectivity index (χ3n) is 5.72. The summed E-state index contributed by atoms with van der Waals surface area (Å²) in [6.45, 7) is 3.84. The minimum absolute atomic E-state index is 0.0346. The summed E-state index contributed by atoms with van der Waals surface area (Å²) in [5.74, 6) is 2.07. The lowest BCUT2D eigenvalue weighted by molar-refractivity contribution is -0.117. The molecule has 0 unspecified atom stereocenters. The molecule has 148 valence electrons. The summed E-state index contributed by atoms with van der Waals surface area (Å²) in [6, 6.07) is -0.358. The number of aromatic nitrogens is 2. The molecule has 27 heavy (non-hydrogen) atoms. The molecule has 9 heteroatoms. The van der Waals surface area contributed by atoms with Crippen LogP contribution in [0.2, 0.25) is 0 Å². The van der Waals surface area contributed by atoms with E-state index in [9.17, 15) is 9.59 Å². The molecule has 2 N–H and O–H groups in total. The molecule has 4 aliphatic rings. The van der Waals surface area contributed by atoms with Gasteiger partial charge in [0.05, 0.1) is 11.9 Å². The molecular weight excluding hydrogens is 384 g/mol. The summed E-state index contributed by atoms with van der Waals surface area (Å²) in [6.07, 6.45) is 7.21. The van der Waals surface area contributed by atoms with E-state index in [0.29, 0.717) is 9.53 Å². The Hall–Kier alpha value is -1.35. The zero-order valence-electron chi connectivity index (χ0n) is 15.7.